The van der Waals surface area contributed by atoms with Crippen LogP contribution in [0.4, 0.5) is 5.82 Å². The number of carbonyl (C=O) groups is 1. The molecule has 2 aromatic rings. The number of amides is 1. The largest absolute Gasteiger partial charge is 0.355 e. The number of aromatic nitrogens is 3. The number of fused-ring (bicyclic) bond motifs is 1. The maximum absolute atomic E-state index is 12.8. The number of aryl methyl sites for hydroxylation is 1. The summed E-state index contributed by atoms with van der Waals surface area (Å²) in [6.45, 7) is 3.48. The SMILES string of the molecule is CNC(=O)c1cccnc1N1CCN([C@H]2C=C(c3nc4c(c(=O)[nH]3)CC3(CC4)CC3)CC2)CC1. The minimum absolute atomic E-state index is 0.0752. The van der Waals surface area contributed by atoms with Crippen molar-refractivity contribution in [1.29, 1.82) is 0 Å². The first kappa shape index (κ1) is 21.5. The van der Waals surface area contributed by atoms with Gasteiger partial charge in [-0.3, -0.25) is 14.5 Å². The van der Waals surface area contributed by atoms with Crippen LogP contribution in [-0.2, 0) is 12.8 Å². The summed E-state index contributed by atoms with van der Waals surface area (Å²) in [5.41, 5.74) is 4.24. The van der Waals surface area contributed by atoms with Crippen LogP contribution in [0.2, 0.25) is 0 Å². The highest BCUT2D eigenvalue weighted by Crippen LogP contribution is 2.53. The molecule has 8 heteroatoms. The Bertz CT molecular complexity index is 1210. The van der Waals surface area contributed by atoms with E-state index in [4.69, 9.17) is 4.98 Å². The lowest BCUT2D eigenvalue weighted by atomic mass is 9.84. The van der Waals surface area contributed by atoms with Crippen molar-refractivity contribution in [3.8, 4) is 0 Å². The number of nitrogens with one attached hydrogen (secondary N) is 2. The molecule has 1 saturated carbocycles. The third-order valence-corrected chi connectivity index (χ3v) is 8.25. The fraction of sp³-hybridized carbons (Fsp3) is 0.538. The Morgan fingerprint density at radius 3 is 2.76 bits per heavy atom. The van der Waals surface area contributed by atoms with Crippen molar-refractivity contribution in [3.05, 3.63) is 57.4 Å². The van der Waals surface area contributed by atoms with Crippen molar-refractivity contribution in [2.45, 2.75) is 51.0 Å². The van der Waals surface area contributed by atoms with E-state index in [0.29, 0.717) is 17.0 Å². The van der Waals surface area contributed by atoms with Crippen LogP contribution in [0.1, 0.15) is 59.5 Å². The summed E-state index contributed by atoms with van der Waals surface area (Å²) in [6, 6.07) is 3.99. The van der Waals surface area contributed by atoms with Gasteiger partial charge in [-0.05, 0) is 68.1 Å². The van der Waals surface area contributed by atoms with E-state index in [1.54, 1.807) is 19.3 Å². The van der Waals surface area contributed by atoms with Gasteiger partial charge in [0.2, 0.25) is 0 Å². The van der Waals surface area contributed by atoms with Crippen LogP contribution in [0.15, 0.2) is 29.2 Å². The molecule has 0 bridgehead atoms. The molecule has 2 aromatic heterocycles. The minimum Gasteiger partial charge on any atom is -0.355 e. The first-order valence-corrected chi connectivity index (χ1v) is 12.5. The second kappa shape index (κ2) is 8.34. The summed E-state index contributed by atoms with van der Waals surface area (Å²) < 4.78 is 0. The molecular formula is C26H32N6O2. The molecule has 8 nitrogen and oxygen atoms in total. The number of pyridine rings is 1. The molecule has 1 spiro atoms. The van der Waals surface area contributed by atoms with E-state index in [2.05, 4.69) is 31.2 Å². The molecule has 1 aliphatic heterocycles. The first-order valence-electron chi connectivity index (χ1n) is 12.5. The number of aromatic amines is 1. The van der Waals surface area contributed by atoms with Gasteiger partial charge in [-0.2, -0.15) is 0 Å². The summed E-state index contributed by atoms with van der Waals surface area (Å²) in [4.78, 5) is 42.3. The second-order valence-corrected chi connectivity index (χ2v) is 10.3. The van der Waals surface area contributed by atoms with E-state index in [-0.39, 0.29) is 11.5 Å². The average molecular weight is 461 g/mol. The van der Waals surface area contributed by atoms with Gasteiger partial charge in [0.15, 0.2) is 0 Å². The van der Waals surface area contributed by atoms with E-state index in [1.165, 1.54) is 24.8 Å². The summed E-state index contributed by atoms with van der Waals surface area (Å²) in [6.07, 6.45) is 11.6. The molecule has 6 rings (SSSR count). The van der Waals surface area contributed by atoms with Gasteiger partial charge in [-0.25, -0.2) is 9.97 Å². The lowest BCUT2D eigenvalue weighted by Gasteiger charge is -2.38. The van der Waals surface area contributed by atoms with Crippen LogP contribution < -0.4 is 15.8 Å². The quantitative estimate of drug-likeness (QED) is 0.726. The summed E-state index contributed by atoms with van der Waals surface area (Å²) in [7, 11) is 1.65. The van der Waals surface area contributed by atoms with E-state index in [0.717, 1.165) is 74.8 Å². The molecule has 0 aromatic carbocycles. The van der Waals surface area contributed by atoms with E-state index in [9.17, 15) is 9.59 Å². The number of allylic oxidation sites excluding steroid dienone is 1. The Labute approximate surface area is 199 Å². The molecule has 0 radical (unpaired) electrons. The average Bonchev–Trinajstić information content (AvgIpc) is 3.43. The molecule has 1 amide bonds. The van der Waals surface area contributed by atoms with Gasteiger partial charge in [0, 0.05) is 51.0 Å². The second-order valence-electron chi connectivity index (χ2n) is 10.3. The highest BCUT2D eigenvalue weighted by atomic mass is 16.1. The molecule has 1 atom stereocenters. The maximum Gasteiger partial charge on any atom is 0.254 e. The fourth-order valence-electron chi connectivity index (χ4n) is 5.95. The molecule has 4 aliphatic rings. The normalized spacial score (nSPS) is 23.5. The minimum atomic E-state index is -0.104. The van der Waals surface area contributed by atoms with Crippen molar-refractivity contribution in [2.75, 3.05) is 38.1 Å². The topological polar surface area (TPSA) is 94.2 Å². The van der Waals surface area contributed by atoms with E-state index < -0.39 is 0 Å². The van der Waals surface area contributed by atoms with Crippen LogP contribution >= 0.6 is 0 Å². The summed E-state index contributed by atoms with van der Waals surface area (Å²) in [5.74, 6) is 1.43. The molecular weight excluding hydrogens is 428 g/mol. The molecule has 34 heavy (non-hydrogen) atoms. The molecule has 2 fully saturated rings. The number of anilines is 1. The predicted molar refractivity (Wildman–Crippen MR) is 131 cm³/mol. The highest BCUT2D eigenvalue weighted by molar-refractivity contribution is 5.98. The predicted octanol–water partition coefficient (Wildman–Crippen LogP) is 2.16. The number of nitrogens with zero attached hydrogens (tertiary/aromatic N) is 4. The highest BCUT2D eigenvalue weighted by Gasteiger charge is 2.45. The standard InChI is InChI=1S/C26H32N6O2/c1-27-24(33)19-3-2-10-28-23(19)32-13-11-31(12-14-32)18-5-4-17(15-18)22-29-21-6-7-26(8-9-26)16-20(21)25(34)30-22/h2-3,10,15,18H,4-9,11-14,16H2,1H3,(H,27,33)(H,29,30,34)/t18-/m1/s1. The zero-order valence-electron chi connectivity index (χ0n) is 19.8. The lowest BCUT2D eigenvalue weighted by Crippen LogP contribution is -2.50. The van der Waals surface area contributed by atoms with Gasteiger partial charge in [0.1, 0.15) is 11.6 Å². The number of H-pyrrole nitrogens is 1. The van der Waals surface area contributed by atoms with Crippen LogP contribution in [0, 0.1) is 5.41 Å². The van der Waals surface area contributed by atoms with Gasteiger partial charge in [-0.15, -0.1) is 0 Å². The molecule has 3 heterocycles. The van der Waals surface area contributed by atoms with Gasteiger partial charge in [-0.1, -0.05) is 6.08 Å². The van der Waals surface area contributed by atoms with Crippen LogP contribution in [0.5, 0.6) is 0 Å². The third kappa shape index (κ3) is 3.83. The third-order valence-electron chi connectivity index (χ3n) is 8.25. The van der Waals surface area contributed by atoms with Crippen LogP contribution in [0.3, 0.4) is 0 Å². The Kier molecular flexibility index (Phi) is 5.28. The van der Waals surface area contributed by atoms with Gasteiger partial charge in [0.05, 0.1) is 11.3 Å². The van der Waals surface area contributed by atoms with Gasteiger partial charge >= 0.3 is 0 Å². The van der Waals surface area contributed by atoms with E-state index in [1.807, 2.05) is 6.07 Å². The van der Waals surface area contributed by atoms with Gasteiger partial charge in [0.25, 0.3) is 11.5 Å². The Morgan fingerprint density at radius 1 is 1.18 bits per heavy atom. The Balaban J connectivity index is 1.14. The molecule has 2 N–H and O–H groups in total. The van der Waals surface area contributed by atoms with Crippen molar-refractivity contribution >= 4 is 17.3 Å². The van der Waals surface area contributed by atoms with Crippen molar-refractivity contribution < 1.29 is 4.79 Å². The summed E-state index contributed by atoms with van der Waals surface area (Å²) >= 11 is 0. The molecule has 1 saturated heterocycles. The monoisotopic (exact) mass is 460 g/mol. The Hall–Kier alpha value is -3.00. The molecule has 3 aliphatic carbocycles. The fourth-order valence-corrected chi connectivity index (χ4v) is 5.95. The van der Waals surface area contributed by atoms with Crippen molar-refractivity contribution in [3.63, 3.8) is 0 Å². The molecule has 178 valence electrons. The lowest BCUT2D eigenvalue weighted by molar-refractivity contribution is 0.0963. The zero-order chi connectivity index (χ0) is 23.3. The van der Waals surface area contributed by atoms with E-state index >= 15 is 0 Å². The molecule has 0 unspecified atom stereocenters. The maximum atomic E-state index is 12.8. The van der Waals surface area contributed by atoms with Crippen LogP contribution in [0.25, 0.3) is 5.57 Å². The number of rotatable bonds is 4. The Morgan fingerprint density at radius 2 is 2.00 bits per heavy atom. The number of carbonyl (C=O) groups excluding carboxylic acids is 1. The smallest absolute Gasteiger partial charge is 0.254 e. The first-order chi connectivity index (χ1) is 16.5. The summed E-state index contributed by atoms with van der Waals surface area (Å²) in [5, 5.41) is 2.71. The number of hydrogen-bond acceptors (Lipinski definition) is 6. The van der Waals surface area contributed by atoms with Crippen molar-refractivity contribution in [1.82, 2.24) is 25.2 Å². The number of piperazine rings is 1. The van der Waals surface area contributed by atoms with Crippen LogP contribution in [-0.4, -0.2) is 65.0 Å². The van der Waals surface area contributed by atoms with Gasteiger partial charge < -0.3 is 15.2 Å². The van der Waals surface area contributed by atoms with Crippen molar-refractivity contribution in [2.24, 2.45) is 5.41 Å². The zero-order valence-corrected chi connectivity index (χ0v) is 19.8. The number of hydrogen-bond donors (Lipinski definition) is 2.